The third-order valence-electron chi connectivity index (χ3n) is 14.1. The van der Waals surface area contributed by atoms with Crippen LogP contribution in [0.15, 0.2) is 12.2 Å². The molecule has 0 aromatic carbocycles. The maximum absolute atomic E-state index is 11.3. The third kappa shape index (κ3) is 49.9. The lowest BCUT2D eigenvalue weighted by atomic mass is 9.89. The molecule has 0 bridgehead atoms. The van der Waals surface area contributed by atoms with Crippen LogP contribution in [0.5, 0.6) is 0 Å². The quantitative estimate of drug-likeness (QED) is 0.0489. The first kappa shape index (κ1) is 59.2. The highest BCUT2D eigenvalue weighted by Gasteiger charge is 2.12. The van der Waals surface area contributed by atoms with Crippen molar-refractivity contribution in [2.24, 2.45) is 5.92 Å². The van der Waals surface area contributed by atoms with Gasteiger partial charge in [-0.05, 0) is 18.8 Å². The summed E-state index contributed by atoms with van der Waals surface area (Å²) < 4.78 is 0. The van der Waals surface area contributed by atoms with Crippen molar-refractivity contribution < 1.29 is 9.90 Å². The van der Waals surface area contributed by atoms with Crippen LogP contribution in [0, 0.1) is 5.92 Å². The molecular weight excluding hydrogens is 729 g/mol. The number of hydrogen-bond acceptors (Lipinski definition) is 1. The van der Waals surface area contributed by atoms with Gasteiger partial charge >= 0.3 is 5.97 Å². The maximum Gasteiger partial charge on any atom is 0.330 e. The first-order valence-electron chi connectivity index (χ1n) is 28.5. The highest BCUT2D eigenvalue weighted by molar-refractivity contribution is 5.85. The van der Waals surface area contributed by atoms with Crippen LogP contribution in [-0.4, -0.2) is 11.1 Å². The molecule has 0 aliphatic rings. The van der Waals surface area contributed by atoms with Crippen molar-refractivity contribution in [2.75, 3.05) is 0 Å². The Morgan fingerprint density at radius 1 is 0.300 bits per heavy atom. The highest BCUT2D eigenvalue weighted by Crippen LogP contribution is 2.25. The van der Waals surface area contributed by atoms with E-state index in [1.807, 2.05) is 0 Å². The lowest BCUT2D eigenvalue weighted by Gasteiger charge is -2.17. The molecule has 1 unspecified atom stereocenters. The first-order valence-corrected chi connectivity index (χ1v) is 28.5. The minimum absolute atomic E-state index is 0.401. The number of aliphatic carboxylic acids is 1. The lowest BCUT2D eigenvalue weighted by Crippen LogP contribution is -2.05. The Labute approximate surface area is 380 Å². The van der Waals surface area contributed by atoms with Crippen LogP contribution in [0.1, 0.15) is 348 Å². The molecule has 0 rings (SSSR count). The maximum atomic E-state index is 11.3. The Kier molecular flexibility index (Phi) is 51.9. The van der Waals surface area contributed by atoms with E-state index in [2.05, 4.69) is 20.4 Å². The Hall–Kier alpha value is -0.790. The summed E-state index contributed by atoms with van der Waals surface area (Å²) in [6.07, 6.45) is 73.3. The fourth-order valence-corrected chi connectivity index (χ4v) is 9.71. The predicted octanol–water partition coefficient (Wildman–Crippen LogP) is 21.6. The second kappa shape index (κ2) is 52.6. The summed E-state index contributed by atoms with van der Waals surface area (Å²) >= 11 is 0. The van der Waals surface area contributed by atoms with Gasteiger partial charge in [-0.25, -0.2) is 4.79 Å². The van der Waals surface area contributed by atoms with Gasteiger partial charge in [0.25, 0.3) is 0 Å². The van der Waals surface area contributed by atoms with Crippen molar-refractivity contribution in [1.82, 2.24) is 0 Å². The molecule has 358 valence electrons. The zero-order valence-corrected chi connectivity index (χ0v) is 41.9. The third-order valence-corrected chi connectivity index (χ3v) is 14.1. The van der Waals surface area contributed by atoms with Crippen molar-refractivity contribution in [2.45, 2.75) is 348 Å². The van der Waals surface area contributed by atoms with Crippen molar-refractivity contribution >= 4 is 5.97 Å². The Morgan fingerprint density at radius 2 is 0.467 bits per heavy atom. The van der Waals surface area contributed by atoms with Gasteiger partial charge in [0.05, 0.1) is 0 Å². The van der Waals surface area contributed by atoms with Crippen LogP contribution in [0.2, 0.25) is 0 Å². The zero-order chi connectivity index (χ0) is 43.5. The van der Waals surface area contributed by atoms with Crippen LogP contribution < -0.4 is 0 Å². The van der Waals surface area contributed by atoms with Crippen molar-refractivity contribution in [1.29, 1.82) is 0 Å². The SMILES string of the molecule is C=C(CCC(CCCCCCCCCCCCCCCCCCCC)CCCCCCCCCCCCCCCCCCCCCCCCCCCCCCCC)C(=O)O. The molecular formula is C58H114O2. The molecule has 2 nitrogen and oxygen atoms in total. The summed E-state index contributed by atoms with van der Waals surface area (Å²) in [7, 11) is 0. The lowest BCUT2D eigenvalue weighted by molar-refractivity contribution is -0.132. The summed E-state index contributed by atoms with van der Waals surface area (Å²) in [6, 6.07) is 0. The summed E-state index contributed by atoms with van der Waals surface area (Å²) in [6.45, 7) is 8.42. The topological polar surface area (TPSA) is 37.3 Å². The van der Waals surface area contributed by atoms with E-state index in [0.717, 1.165) is 6.42 Å². The Bertz CT molecular complexity index is 818. The zero-order valence-electron chi connectivity index (χ0n) is 41.9. The minimum Gasteiger partial charge on any atom is -0.478 e. The molecule has 0 aliphatic heterocycles. The number of rotatable bonds is 54. The number of carboxylic acids is 1. The van der Waals surface area contributed by atoms with Crippen LogP contribution >= 0.6 is 0 Å². The van der Waals surface area contributed by atoms with Crippen LogP contribution in [0.4, 0.5) is 0 Å². The molecule has 0 aromatic heterocycles. The Balaban J connectivity index is 3.55. The molecule has 0 heterocycles. The Morgan fingerprint density at radius 3 is 0.633 bits per heavy atom. The number of carboxylic acid groups (broad SMARTS) is 1. The van der Waals surface area contributed by atoms with Crippen LogP contribution in [0.25, 0.3) is 0 Å². The second-order valence-electron chi connectivity index (χ2n) is 20.2. The van der Waals surface area contributed by atoms with E-state index in [-0.39, 0.29) is 0 Å². The number of hydrogen-bond donors (Lipinski definition) is 1. The molecule has 0 fully saturated rings. The average molecular weight is 844 g/mol. The summed E-state index contributed by atoms with van der Waals surface area (Å²) in [5, 5.41) is 9.33. The van der Waals surface area contributed by atoms with E-state index in [1.54, 1.807) is 0 Å². The molecule has 1 N–H and O–H groups in total. The van der Waals surface area contributed by atoms with E-state index in [1.165, 1.54) is 321 Å². The molecule has 0 saturated carbocycles. The van der Waals surface area contributed by atoms with Gasteiger partial charge in [-0.2, -0.15) is 0 Å². The fraction of sp³-hybridized carbons (Fsp3) is 0.948. The van der Waals surface area contributed by atoms with E-state index in [9.17, 15) is 9.90 Å². The van der Waals surface area contributed by atoms with Crippen LogP contribution in [0.3, 0.4) is 0 Å². The molecule has 1 atom stereocenters. The number of unbranched alkanes of at least 4 members (excludes halogenated alkanes) is 46. The molecule has 0 radical (unpaired) electrons. The van der Waals surface area contributed by atoms with E-state index in [0.29, 0.717) is 17.9 Å². The highest BCUT2D eigenvalue weighted by atomic mass is 16.4. The van der Waals surface area contributed by atoms with Gasteiger partial charge < -0.3 is 5.11 Å². The monoisotopic (exact) mass is 843 g/mol. The van der Waals surface area contributed by atoms with Gasteiger partial charge in [0.1, 0.15) is 0 Å². The molecule has 60 heavy (non-hydrogen) atoms. The number of carbonyl (C=O) groups is 1. The van der Waals surface area contributed by atoms with Gasteiger partial charge in [0, 0.05) is 5.57 Å². The molecule has 2 heteroatoms. The predicted molar refractivity (Wildman–Crippen MR) is 272 cm³/mol. The van der Waals surface area contributed by atoms with Gasteiger partial charge in [-0.15, -0.1) is 0 Å². The van der Waals surface area contributed by atoms with Crippen molar-refractivity contribution in [3.8, 4) is 0 Å². The van der Waals surface area contributed by atoms with Gasteiger partial charge in [-0.1, -0.05) is 341 Å². The summed E-state index contributed by atoms with van der Waals surface area (Å²) in [5.74, 6) is -0.126. The van der Waals surface area contributed by atoms with Crippen LogP contribution in [-0.2, 0) is 4.79 Å². The molecule has 0 saturated heterocycles. The van der Waals surface area contributed by atoms with Crippen molar-refractivity contribution in [3.05, 3.63) is 12.2 Å². The average Bonchev–Trinajstić information content (AvgIpc) is 3.25. The molecule has 0 spiro atoms. The van der Waals surface area contributed by atoms with E-state index >= 15 is 0 Å². The minimum atomic E-state index is -0.808. The summed E-state index contributed by atoms with van der Waals surface area (Å²) in [5.41, 5.74) is 0.401. The van der Waals surface area contributed by atoms with Gasteiger partial charge in [0.2, 0.25) is 0 Å². The summed E-state index contributed by atoms with van der Waals surface area (Å²) in [4.78, 5) is 11.3. The second-order valence-corrected chi connectivity index (χ2v) is 20.2. The normalized spacial score (nSPS) is 12.1. The molecule has 0 aromatic rings. The smallest absolute Gasteiger partial charge is 0.330 e. The standard InChI is InChI=1S/C58H114O2/c1-4-6-8-10-12-14-16-18-20-22-24-25-26-27-28-29-30-31-32-33-34-35-37-39-41-43-45-47-49-51-53-57(55-54-56(3)58(59)60)52-50-48-46-44-42-40-38-36-23-21-19-17-15-13-11-9-7-5-2/h57H,3-55H2,1-2H3,(H,59,60). The first-order chi connectivity index (χ1) is 29.6. The largest absolute Gasteiger partial charge is 0.478 e. The molecule has 0 aliphatic carbocycles. The van der Waals surface area contributed by atoms with E-state index in [4.69, 9.17) is 0 Å². The van der Waals surface area contributed by atoms with Gasteiger partial charge in [-0.3, -0.25) is 0 Å². The van der Waals surface area contributed by atoms with E-state index < -0.39 is 5.97 Å². The molecule has 0 amide bonds. The van der Waals surface area contributed by atoms with Crippen molar-refractivity contribution in [3.63, 3.8) is 0 Å². The fourth-order valence-electron chi connectivity index (χ4n) is 9.71. The van der Waals surface area contributed by atoms with Gasteiger partial charge in [0.15, 0.2) is 0 Å².